The number of rotatable bonds is 1. The van der Waals surface area contributed by atoms with Crippen LogP contribution in [-0.4, -0.2) is 51.6 Å². The molecule has 1 fully saturated rings. The van der Waals surface area contributed by atoms with Gasteiger partial charge < -0.3 is 25.2 Å². The zero-order chi connectivity index (χ0) is 8.43. The van der Waals surface area contributed by atoms with Gasteiger partial charge in [-0.05, 0) is 0 Å². The zero-order valence-electron chi connectivity index (χ0n) is 5.71. The Morgan fingerprint density at radius 1 is 1.27 bits per heavy atom. The van der Waals surface area contributed by atoms with Crippen molar-refractivity contribution in [2.24, 2.45) is 0 Å². The van der Waals surface area contributed by atoms with Crippen LogP contribution < -0.4 is 0 Å². The lowest BCUT2D eigenvalue weighted by Gasteiger charge is -2.33. The van der Waals surface area contributed by atoms with Crippen LogP contribution in [0.25, 0.3) is 0 Å². The molecule has 4 N–H and O–H groups in total. The third kappa shape index (κ3) is 1.88. The minimum absolute atomic E-state index is 0.447. The molecule has 1 saturated heterocycles. The first-order valence-electron chi connectivity index (χ1n) is 3.21. The van der Waals surface area contributed by atoms with Gasteiger partial charge in [-0.15, -0.1) is 0 Å². The molecule has 0 amide bonds. The molecule has 64 valence electrons. The predicted octanol–water partition coefficient (Wildman–Crippen LogP) is -2.50. The molecule has 0 aliphatic carbocycles. The molecule has 5 heteroatoms. The summed E-state index contributed by atoms with van der Waals surface area (Å²) in [4.78, 5) is 0. The van der Waals surface area contributed by atoms with Gasteiger partial charge in [0.1, 0.15) is 12.2 Å². The van der Waals surface area contributed by atoms with Crippen LogP contribution in [-0.2, 0) is 4.74 Å². The lowest BCUT2D eigenvalue weighted by atomic mass is 10.0. The van der Waals surface area contributed by atoms with Crippen LogP contribution in [0.1, 0.15) is 0 Å². The Hall–Kier alpha value is -0.200. The molecule has 4 atom stereocenters. The first-order valence-corrected chi connectivity index (χ1v) is 3.21. The highest BCUT2D eigenvalue weighted by Gasteiger charge is 2.35. The van der Waals surface area contributed by atoms with Crippen molar-refractivity contribution in [2.75, 3.05) is 6.61 Å². The van der Waals surface area contributed by atoms with Gasteiger partial charge >= 0.3 is 0 Å². The number of hydrogen-bond acceptors (Lipinski definition) is 5. The second kappa shape index (κ2) is 3.46. The highest BCUT2D eigenvalue weighted by atomic mass is 16.6. The van der Waals surface area contributed by atoms with Gasteiger partial charge in [0.25, 0.3) is 0 Å². The number of aliphatic hydroxyl groups excluding tert-OH is 4. The molecule has 0 aromatic carbocycles. The Labute approximate surface area is 63.8 Å². The fourth-order valence-corrected chi connectivity index (χ4v) is 0.884. The summed E-state index contributed by atoms with van der Waals surface area (Å²) in [5.74, 6) is 0. The number of aliphatic hydroxyl groups is 4. The third-order valence-corrected chi connectivity index (χ3v) is 1.50. The molecule has 0 aromatic heterocycles. The van der Waals surface area contributed by atoms with E-state index >= 15 is 0 Å². The zero-order valence-corrected chi connectivity index (χ0v) is 5.71. The minimum atomic E-state index is -1.34. The lowest BCUT2D eigenvalue weighted by molar-refractivity contribution is -0.210. The average molecular weight is 162 g/mol. The van der Waals surface area contributed by atoms with Crippen molar-refractivity contribution in [3.8, 4) is 0 Å². The molecule has 1 heterocycles. The van der Waals surface area contributed by atoms with Gasteiger partial charge in [0.05, 0.1) is 19.1 Å². The van der Waals surface area contributed by atoms with Gasteiger partial charge in [-0.3, -0.25) is 0 Å². The third-order valence-electron chi connectivity index (χ3n) is 1.50. The van der Waals surface area contributed by atoms with Gasteiger partial charge in [-0.25, -0.2) is 0 Å². The Balaban J connectivity index is 2.51. The quantitative estimate of drug-likeness (QED) is 0.342. The highest BCUT2D eigenvalue weighted by molar-refractivity contribution is 4.93. The minimum Gasteiger partial charge on any atom is -0.394 e. The smallest absolute Gasteiger partial charge is 0.165 e. The first-order chi connectivity index (χ1) is 5.15. The molecule has 1 aliphatic heterocycles. The van der Waals surface area contributed by atoms with Crippen molar-refractivity contribution in [3.63, 3.8) is 0 Å². The fraction of sp³-hybridized carbons (Fsp3) is 0.833. The van der Waals surface area contributed by atoms with Crippen molar-refractivity contribution < 1.29 is 25.2 Å². The van der Waals surface area contributed by atoms with E-state index in [0.717, 1.165) is 0 Å². The van der Waals surface area contributed by atoms with Crippen LogP contribution in [0.4, 0.5) is 0 Å². The second-order valence-electron chi connectivity index (χ2n) is 2.31. The summed E-state index contributed by atoms with van der Waals surface area (Å²) in [5, 5.41) is 35.3. The van der Waals surface area contributed by atoms with Crippen LogP contribution >= 0.6 is 0 Å². The van der Waals surface area contributed by atoms with Crippen molar-refractivity contribution >= 4 is 0 Å². The van der Waals surface area contributed by atoms with Gasteiger partial charge in [-0.2, -0.15) is 0 Å². The number of hydrogen-bond donors (Lipinski definition) is 4. The maximum absolute atomic E-state index is 9.05. The molecule has 5 nitrogen and oxygen atoms in total. The summed E-state index contributed by atoms with van der Waals surface area (Å²) in [6.07, 6.45) is -2.65. The van der Waals surface area contributed by atoms with E-state index in [4.69, 9.17) is 20.4 Å². The van der Waals surface area contributed by atoms with Gasteiger partial charge in [0, 0.05) is 0 Å². The average Bonchev–Trinajstić information content (AvgIpc) is 1.96. The topological polar surface area (TPSA) is 90.2 Å². The van der Waals surface area contributed by atoms with E-state index in [0.29, 0.717) is 0 Å². The van der Waals surface area contributed by atoms with Crippen molar-refractivity contribution in [3.05, 3.63) is 6.42 Å². The summed E-state index contributed by atoms with van der Waals surface area (Å²) >= 11 is 0. The highest BCUT2D eigenvalue weighted by Crippen LogP contribution is 2.17. The van der Waals surface area contributed by atoms with Crippen LogP contribution in [0, 0.1) is 6.42 Å². The Morgan fingerprint density at radius 3 is 2.45 bits per heavy atom. The van der Waals surface area contributed by atoms with E-state index < -0.39 is 31.2 Å². The van der Waals surface area contributed by atoms with Crippen LogP contribution in [0.2, 0.25) is 0 Å². The van der Waals surface area contributed by atoms with Crippen LogP contribution in [0.5, 0.6) is 0 Å². The summed E-state index contributed by atoms with van der Waals surface area (Å²) in [7, 11) is 0. The van der Waals surface area contributed by atoms with Crippen molar-refractivity contribution in [1.29, 1.82) is 0 Å². The van der Waals surface area contributed by atoms with E-state index in [1.165, 1.54) is 0 Å². The largest absolute Gasteiger partial charge is 0.394 e. The van der Waals surface area contributed by atoms with E-state index in [-0.39, 0.29) is 0 Å². The van der Waals surface area contributed by atoms with E-state index in [1.54, 1.807) is 0 Å². The molecule has 1 unspecified atom stereocenters. The Bertz CT molecular complexity index is 128. The fourth-order valence-electron chi connectivity index (χ4n) is 0.884. The standard InChI is InChI=1S/C6H10O5/c7-2-4-6(10)3(8)1-5(9)11-4/h3-10H,2H2/t3-,4-,5?,6+/m1/s1. The number of ether oxygens (including phenoxy) is 1. The molecule has 0 aromatic rings. The molecular weight excluding hydrogens is 152 g/mol. The van der Waals surface area contributed by atoms with Crippen molar-refractivity contribution in [1.82, 2.24) is 0 Å². The van der Waals surface area contributed by atoms with E-state index in [1.807, 2.05) is 0 Å². The molecule has 1 rings (SSSR count). The normalized spacial score (nSPS) is 45.8. The Kier molecular flexibility index (Phi) is 2.80. The van der Waals surface area contributed by atoms with Crippen molar-refractivity contribution in [2.45, 2.75) is 24.6 Å². The first kappa shape index (κ1) is 8.89. The Morgan fingerprint density at radius 2 is 1.91 bits per heavy atom. The van der Waals surface area contributed by atoms with E-state index in [9.17, 15) is 0 Å². The molecule has 0 saturated carbocycles. The SMILES string of the molecule is OC[C@H]1OC(O)[C][C@@H](O)[C@@H]1O. The predicted molar refractivity (Wildman–Crippen MR) is 33.2 cm³/mol. The monoisotopic (exact) mass is 162 g/mol. The maximum Gasteiger partial charge on any atom is 0.165 e. The summed E-state index contributed by atoms with van der Waals surface area (Å²) in [6, 6.07) is 0. The van der Waals surface area contributed by atoms with Crippen LogP contribution in [0.15, 0.2) is 0 Å². The van der Waals surface area contributed by atoms with Gasteiger partial charge in [0.2, 0.25) is 0 Å². The maximum atomic E-state index is 9.05. The molecule has 1 aliphatic rings. The molecule has 11 heavy (non-hydrogen) atoms. The molecular formula is C6H10O5. The summed E-state index contributed by atoms with van der Waals surface area (Å²) < 4.78 is 4.60. The van der Waals surface area contributed by atoms with Gasteiger partial charge in [-0.1, -0.05) is 0 Å². The second-order valence-corrected chi connectivity index (χ2v) is 2.31. The molecule has 0 spiro atoms. The molecule has 0 bridgehead atoms. The van der Waals surface area contributed by atoms with Crippen LogP contribution in [0.3, 0.4) is 0 Å². The lowest BCUT2D eigenvalue weighted by Crippen LogP contribution is -2.50. The summed E-state index contributed by atoms with van der Waals surface area (Å²) in [6.45, 7) is -0.447. The summed E-state index contributed by atoms with van der Waals surface area (Å²) in [5.41, 5.74) is 0. The van der Waals surface area contributed by atoms with E-state index in [2.05, 4.69) is 11.2 Å². The molecule has 2 radical (unpaired) electrons. The van der Waals surface area contributed by atoms with Gasteiger partial charge in [0.15, 0.2) is 6.29 Å².